The molecule has 0 aromatic carbocycles. The lowest BCUT2D eigenvalue weighted by atomic mass is 10.1. The van der Waals surface area contributed by atoms with E-state index in [1.807, 2.05) is 0 Å². The molecule has 0 amide bonds. The minimum absolute atomic E-state index is 0.0156. The molecule has 1 saturated heterocycles. The minimum atomic E-state index is -0.0156. The third-order valence-electron chi connectivity index (χ3n) is 1.84. The highest BCUT2D eigenvalue weighted by molar-refractivity contribution is 7.81. The van der Waals surface area contributed by atoms with Gasteiger partial charge < -0.3 is 9.47 Å². The van der Waals surface area contributed by atoms with E-state index in [-0.39, 0.29) is 4.75 Å². The summed E-state index contributed by atoms with van der Waals surface area (Å²) in [7, 11) is 0. The molecule has 3 heteroatoms. The number of hydrogen-bond donors (Lipinski definition) is 1. The van der Waals surface area contributed by atoms with E-state index in [1.165, 1.54) is 0 Å². The Labute approximate surface area is 80.0 Å². The molecule has 0 aromatic rings. The molecule has 0 unspecified atom stereocenters. The highest BCUT2D eigenvalue weighted by Crippen LogP contribution is 2.17. The van der Waals surface area contributed by atoms with E-state index in [4.69, 9.17) is 9.47 Å². The van der Waals surface area contributed by atoms with Gasteiger partial charge in [0, 0.05) is 18.0 Å². The lowest BCUT2D eigenvalue weighted by Gasteiger charge is -2.26. The van der Waals surface area contributed by atoms with Crippen LogP contribution >= 0.6 is 12.6 Å². The van der Waals surface area contributed by atoms with Crippen LogP contribution in [0, 0.1) is 0 Å². The fraction of sp³-hybridized carbons (Fsp3) is 1.00. The van der Waals surface area contributed by atoms with Crippen molar-refractivity contribution in [1.82, 2.24) is 0 Å². The van der Waals surface area contributed by atoms with Crippen LogP contribution in [0.1, 0.15) is 26.7 Å². The smallest absolute Gasteiger partial charge is 0.0619 e. The number of ether oxygens (including phenoxy) is 2. The molecule has 1 fully saturated rings. The van der Waals surface area contributed by atoms with Crippen molar-refractivity contribution >= 4 is 12.6 Å². The van der Waals surface area contributed by atoms with Crippen LogP contribution in [0.5, 0.6) is 0 Å². The molecule has 0 saturated carbocycles. The zero-order valence-electron chi connectivity index (χ0n) is 7.88. The Morgan fingerprint density at radius 1 is 1.42 bits per heavy atom. The molecular formula is C9H18O2S. The van der Waals surface area contributed by atoms with Crippen molar-refractivity contribution in [3.8, 4) is 0 Å². The first-order valence-electron chi connectivity index (χ1n) is 4.50. The van der Waals surface area contributed by atoms with Gasteiger partial charge in [-0.15, -0.1) is 0 Å². The predicted molar refractivity (Wildman–Crippen MR) is 52.9 cm³/mol. The molecule has 72 valence electrons. The molecule has 2 nitrogen and oxygen atoms in total. The number of hydrogen-bond acceptors (Lipinski definition) is 3. The first kappa shape index (κ1) is 10.4. The molecule has 1 heterocycles. The molecule has 1 aliphatic rings. The summed E-state index contributed by atoms with van der Waals surface area (Å²) in [6.07, 6.45) is 2.46. The normalized spacial score (nSPS) is 21.2. The lowest BCUT2D eigenvalue weighted by Crippen LogP contribution is -2.29. The van der Waals surface area contributed by atoms with Gasteiger partial charge in [0.25, 0.3) is 0 Å². The first-order chi connectivity index (χ1) is 5.58. The molecule has 0 aliphatic carbocycles. The third kappa shape index (κ3) is 4.33. The van der Waals surface area contributed by atoms with E-state index in [1.54, 1.807) is 0 Å². The fourth-order valence-electron chi connectivity index (χ4n) is 1.16. The van der Waals surface area contributed by atoms with Gasteiger partial charge in [-0.3, -0.25) is 0 Å². The van der Waals surface area contributed by atoms with Gasteiger partial charge in [0.2, 0.25) is 0 Å². The van der Waals surface area contributed by atoms with E-state index in [2.05, 4.69) is 26.5 Å². The molecule has 0 aromatic heterocycles. The van der Waals surface area contributed by atoms with Gasteiger partial charge in [0.1, 0.15) is 0 Å². The highest BCUT2D eigenvalue weighted by atomic mass is 32.1. The molecule has 0 atom stereocenters. The fourth-order valence-corrected chi connectivity index (χ4v) is 1.24. The Bertz CT molecular complexity index is 125. The third-order valence-corrected chi connectivity index (χ3v) is 1.97. The zero-order valence-corrected chi connectivity index (χ0v) is 8.77. The maximum absolute atomic E-state index is 5.69. The summed E-state index contributed by atoms with van der Waals surface area (Å²) in [4.78, 5) is 0. The highest BCUT2D eigenvalue weighted by Gasteiger charge is 2.18. The van der Waals surface area contributed by atoms with Gasteiger partial charge in [0.15, 0.2) is 0 Å². The van der Waals surface area contributed by atoms with E-state index < -0.39 is 0 Å². The summed E-state index contributed by atoms with van der Waals surface area (Å²) in [5.41, 5.74) is 0. The maximum atomic E-state index is 5.69. The van der Waals surface area contributed by atoms with Gasteiger partial charge in [-0.1, -0.05) is 0 Å². The van der Waals surface area contributed by atoms with Gasteiger partial charge in [-0.2, -0.15) is 12.6 Å². The Kier molecular flexibility index (Phi) is 3.87. The van der Waals surface area contributed by atoms with E-state index in [0.29, 0.717) is 6.10 Å². The van der Waals surface area contributed by atoms with Gasteiger partial charge in [-0.05, 0) is 26.7 Å². The maximum Gasteiger partial charge on any atom is 0.0619 e. The summed E-state index contributed by atoms with van der Waals surface area (Å²) in [6, 6.07) is 0. The monoisotopic (exact) mass is 190 g/mol. The van der Waals surface area contributed by atoms with Gasteiger partial charge in [-0.25, -0.2) is 0 Å². The van der Waals surface area contributed by atoms with Crippen LogP contribution in [-0.2, 0) is 9.47 Å². The second kappa shape index (κ2) is 4.49. The van der Waals surface area contributed by atoms with Crippen LogP contribution in [0.4, 0.5) is 0 Å². The Morgan fingerprint density at radius 2 is 2.00 bits per heavy atom. The van der Waals surface area contributed by atoms with Gasteiger partial charge in [0.05, 0.1) is 12.7 Å². The molecule has 0 N–H and O–H groups in total. The van der Waals surface area contributed by atoms with E-state index >= 15 is 0 Å². The van der Waals surface area contributed by atoms with Crippen molar-refractivity contribution in [3.05, 3.63) is 0 Å². The van der Waals surface area contributed by atoms with Crippen LogP contribution in [0.25, 0.3) is 0 Å². The van der Waals surface area contributed by atoms with Crippen LogP contribution in [0.15, 0.2) is 0 Å². The van der Waals surface area contributed by atoms with Crippen molar-refractivity contribution in [3.63, 3.8) is 0 Å². The molecule has 0 bridgehead atoms. The first-order valence-corrected chi connectivity index (χ1v) is 4.94. The van der Waals surface area contributed by atoms with Crippen molar-refractivity contribution < 1.29 is 9.47 Å². The second-order valence-electron chi connectivity index (χ2n) is 3.94. The van der Waals surface area contributed by atoms with Crippen LogP contribution in [-0.4, -0.2) is 30.7 Å². The topological polar surface area (TPSA) is 18.5 Å². The van der Waals surface area contributed by atoms with E-state index in [0.717, 1.165) is 32.7 Å². The largest absolute Gasteiger partial charge is 0.381 e. The van der Waals surface area contributed by atoms with Crippen molar-refractivity contribution in [1.29, 1.82) is 0 Å². The SMILES string of the molecule is CC(C)(S)COC1CCOCC1. The van der Waals surface area contributed by atoms with E-state index in [9.17, 15) is 0 Å². The molecule has 1 rings (SSSR count). The molecule has 12 heavy (non-hydrogen) atoms. The quantitative estimate of drug-likeness (QED) is 0.685. The van der Waals surface area contributed by atoms with Crippen LogP contribution in [0.3, 0.4) is 0 Å². The predicted octanol–water partition coefficient (Wildman–Crippen LogP) is 1.89. The van der Waals surface area contributed by atoms with Crippen molar-refractivity contribution in [2.45, 2.75) is 37.5 Å². The average molecular weight is 190 g/mol. The number of thiol groups is 1. The second-order valence-corrected chi connectivity index (χ2v) is 5.15. The summed E-state index contributed by atoms with van der Waals surface area (Å²) in [5.74, 6) is 0. The standard InChI is InChI=1S/C9H18O2S/c1-9(2,12)7-11-8-3-5-10-6-4-8/h8,12H,3-7H2,1-2H3. The van der Waals surface area contributed by atoms with Gasteiger partial charge >= 0.3 is 0 Å². The molecule has 0 radical (unpaired) electrons. The summed E-state index contributed by atoms with van der Waals surface area (Å²) in [5, 5.41) is 0. The molecule has 0 spiro atoms. The summed E-state index contributed by atoms with van der Waals surface area (Å²) < 4.78 is 10.9. The summed E-state index contributed by atoms with van der Waals surface area (Å²) >= 11 is 4.40. The summed E-state index contributed by atoms with van der Waals surface area (Å²) in [6.45, 7) is 6.54. The Balaban J connectivity index is 2.13. The van der Waals surface area contributed by atoms with Crippen molar-refractivity contribution in [2.75, 3.05) is 19.8 Å². The molecule has 1 aliphatic heterocycles. The number of rotatable bonds is 3. The Morgan fingerprint density at radius 3 is 2.50 bits per heavy atom. The van der Waals surface area contributed by atoms with Crippen molar-refractivity contribution in [2.24, 2.45) is 0 Å². The Hall–Kier alpha value is 0.270. The average Bonchev–Trinajstić information content (AvgIpc) is 2.02. The minimum Gasteiger partial charge on any atom is -0.381 e. The zero-order chi connectivity index (χ0) is 9.03. The molecular weight excluding hydrogens is 172 g/mol. The van der Waals surface area contributed by atoms with Crippen LogP contribution in [0.2, 0.25) is 0 Å². The van der Waals surface area contributed by atoms with Crippen LogP contribution < -0.4 is 0 Å². The lowest BCUT2D eigenvalue weighted by molar-refractivity contribution is -0.0361.